The third kappa shape index (κ3) is 4.74. The summed E-state index contributed by atoms with van der Waals surface area (Å²) in [7, 11) is 3.36. The van der Waals surface area contributed by atoms with Crippen LogP contribution in [0.25, 0.3) is 0 Å². The van der Waals surface area contributed by atoms with Crippen molar-refractivity contribution in [3.63, 3.8) is 0 Å². The molecule has 1 aliphatic rings. The van der Waals surface area contributed by atoms with E-state index in [9.17, 15) is 19.2 Å². The molecule has 2 N–H and O–H groups in total. The molecule has 0 spiro atoms. The number of aromatic nitrogens is 2. The van der Waals surface area contributed by atoms with Crippen molar-refractivity contribution in [3.05, 3.63) is 33.1 Å². The summed E-state index contributed by atoms with van der Waals surface area (Å²) < 4.78 is 1.31. The lowest BCUT2D eigenvalue weighted by Crippen LogP contribution is -2.46. The number of urea groups is 1. The maximum atomic E-state index is 12.5. The summed E-state index contributed by atoms with van der Waals surface area (Å²) >= 11 is 0. The number of nitrogens with zero attached hydrogens (tertiary/aromatic N) is 3. The summed E-state index contributed by atoms with van der Waals surface area (Å²) in [5, 5.41) is 2.98. The van der Waals surface area contributed by atoms with Crippen LogP contribution in [-0.2, 0) is 11.3 Å². The second kappa shape index (κ2) is 8.20. The van der Waals surface area contributed by atoms with E-state index in [0.29, 0.717) is 19.0 Å². The van der Waals surface area contributed by atoms with Gasteiger partial charge in [-0.25, -0.2) is 9.59 Å². The van der Waals surface area contributed by atoms with Crippen LogP contribution in [0.3, 0.4) is 0 Å². The van der Waals surface area contributed by atoms with Gasteiger partial charge in [-0.2, -0.15) is 0 Å². The van der Waals surface area contributed by atoms with Crippen LogP contribution >= 0.6 is 0 Å². The Labute approximate surface area is 152 Å². The van der Waals surface area contributed by atoms with Crippen LogP contribution < -0.4 is 16.6 Å². The molecular formula is C17H27N5O4. The molecule has 2 rings (SSSR count). The largest absolute Gasteiger partial charge is 0.340 e. The molecule has 0 radical (unpaired) electrons. The van der Waals surface area contributed by atoms with Crippen LogP contribution in [-0.4, -0.2) is 64.5 Å². The van der Waals surface area contributed by atoms with E-state index in [2.05, 4.69) is 24.1 Å². The molecule has 1 fully saturated rings. The normalized spacial score (nSPS) is 19.7. The summed E-state index contributed by atoms with van der Waals surface area (Å²) in [5.74, 6) is 0.427. The molecule has 0 bridgehead atoms. The van der Waals surface area contributed by atoms with Crippen LogP contribution in [0, 0.1) is 11.8 Å². The molecule has 1 aromatic heterocycles. The van der Waals surface area contributed by atoms with Gasteiger partial charge in [-0.3, -0.25) is 14.6 Å². The predicted molar refractivity (Wildman–Crippen MR) is 96.9 cm³/mol. The Balaban J connectivity index is 1.99. The average molecular weight is 365 g/mol. The van der Waals surface area contributed by atoms with E-state index in [1.54, 1.807) is 19.0 Å². The molecule has 1 aromatic rings. The molecule has 2 atom stereocenters. The van der Waals surface area contributed by atoms with E-state index in [1.165, 1.54) is 21.7 Å². The minimum atomic E-state index is -0.525. The van der Waals surface area contributed by atoms with E-state index in [0.717, 1.165) is 0 Å². The number of carbonyl (C=O) groups is 2. The molecule has 1 aliphatic heterocycles. The number of hydrogen-bond donors (Lipinski definition) is 2. The van der Waals surface area contributed by atoms with Crippen molar-refractivity contribution in [2.24, 2.45) is 11.8 Å². The van der Waals surface area contributed by atoms with E-state index in [-0.39, 0.29) is 36.9 Å². The monoisotopic (exact) mass is 365 g/mol. The number of aryl methyl sites for hydroxylation is 1. The van der Waals surface area contributed by atoms with Crippen molar-refractivity contribution >= 4 is 11.9 Å². The zero-order valence-electron chi connectivity index (χ0n) is 15.7. The quantitative estimate of drug-likeness (QED) is 0.746. The first kappa shape index (κ1) is 19.7. The molecule has 0 aromatic carbocycles. The third-order valence-corrected chi connectivity index (χ3v) is 4.75. The Hall–Kier alpha value is -2.58. The van der Waals surface area contributed by atoms with Gasteiger partial charge in [0.1, 0.15) is 0 Å². The Morgan fingerprint density at radius 1 is 1.31 bits per heavy atom. The summed E-state index contributed by atoms with van der Waals surface area (Å²) in [6, 6.07) is 0.989. The van der Waals surface area contributed by atoms with E-state index < -0.39 is 11.2 Å². The number of carbonyl (C=O) groups excluding carboxylic acids is 2. The SMILES string of the molecule is CC(C)[C@@H]1CN(C(=O)CCn2ccc(=O)[nH]c2=O)C[C@H]1NC(=O)N(C)C. The summed E-state index contributed by atoms with van der Waals surface area (Å²) in [6.45, 7) is 5.39. The minimum Gasteiger partial charge on any atom is -0.340 e. The van der Waals surface area contributed by atoms with Gasteiger partial charge in [0.2, 0.25) is 5.91 Å². The first-order valence-corrected chi connectivity index (χ1v) is 8.74. The zero-order chi connectivity index (χ0) is 19.4. The smallest absolute Gasteiger partial charge is 0.328 e. The number of hydrogen-bond acceptors (Lipinski definition) is 4. The second-order valence-corrected chi connectivity index (χ2v) is 7.21. The van der Waals surface area contributed by atoms with Gasteiger partial charge < -0.3 is 19.7 Å². The van der Waals surface area contributed by atoms with Gasteiger partial charge in [0.05, 0.1) is 6.04 Å². The summed E-state index contributed by atoms with van der Waals surface area (Å²) in [4.78, 5) is 52.7. The number of H-pyrrole nitrogens is 1. The Bertz CT molecular complexity index is 767. The van der Waals surface area contributed by atoms with E-state index in [1.807, 2.05) is 0 Å². The molecule has 2 heterocycles. The topological polar surface area (TPSA) is 108 Å². The Morgan fingerprint density at radius 3 is 2.58 bits per heavy atom. The molecule has 0 unspecified atom stereocenters. The van der Waals surface area contributed by atoms with Gasteiger partial charge in [-0.1, -0.05) is 13.8 Å². The van der Waals surface area contributed by atoms with Crippen LogP contribution in [0.5, 0.6) is 0 Å². The molecule has 26 heavy (non-hydrogen) atoms. The van der Waals surface area contributed by atoms with Gasteiger partial charge in [-0.05, 0) is 5.92 Å². The van der Waals surface area contributed by atoms with Crippen molar-refractivity contribution in [2.45, 2.75) is 32.9 Å². The number of likely N-dealkylation sites (tertiary alicyclic amines) is 1. The molecule has 3 amide bonds. The standard InChI is InChI=1S/C17H27N5O4/c1-11(2)12-9-22(10-13(12)18-16(25)20(3)4)15(24)6-8-21-7-5-14(23)19-17(21)26/h5,7,11-13H,6,8-10H2,1-4H3,(H,18,25)(H,19,23,26)/t12-,13+/m0/s1. The lowest BCUT2D eigenvalue weighted by Gasteiger charge is -2.24. The molecular weight excluding hydrogens is 338 g/mol. The highest BCUT2D eigenvalue weighted by molar-refractivity contribution is 5.77. The highest BCUT2D eigenvalue weighted by atomic mass is 16.2. The number of amides is 3. The number of nitrogens with one attached hydrogen (secondary N) is 2. The number of rotatable bonds is 5. The Morgan fingerprint density at radius 2 is 2.00 bits per heavy atom. The van der Waals surface area contributed by atoms with Crippen LogP contribution in [0.15, 0.2) is 21.9 Å². The molecule has 0 aliphatic carbocycles. The van der Waals surface area contributed by atoms with Gasteiger partial charge >= 0.3 is 11.7 Å². The summed E-state index contributed by atoms with van der Waals surface area (Å²) in [6.07, 6.45) is 1.54. The maximum Gasteiger partial charge on any atom is 0.328 e. The third-order valence-electron chi connectivity index (χ3n) is 4.75. The lowest BCUT2D eigenvalue weighted by molar-refractivity contribution is -0.130. The van der Waals surface area contributed by atoms with Gasteiger partial charge in [0, 0.05) is 58.3 Å². The van der Waals surface area contributed by atoms with Crippen LogP contribution in [0.2, 0.25) is 0 Å². The molecule has 144 valence electrons. The fourth-order valence-electron chi connectivity index (χ4n) is 3.14. The predicted octanol–water partition coefficient (Wildman–Crippen LogP) is -0.319. The fourth-order valence-corrected chi connectivity index (χ4v) is 3.14. The maximum absolute atomic E-state index is 12.5. The fraction of sp³-hybridized carbons (Fsp3) is 0.647. The van der Waals surface area contributed by atoms with Crippen molar-refractivity contribution in [2.75, 3.05) is 27.2 Å². The van der Waals surface area contributed by atoms with Crippen molar-refractivity contribution in [3.8, 4) is 0 Å². The Kier molecular flexibility index (Phi) is 6.23. The molecule has 0 saturated carbocycles. The van der Waals surface area contributed by atoms with Crippen molar-refractivity contribution in [1.29, 1.82) is 0 Å². The minimum absolute atomic E-state index is 0.0737. The number of aromatic amines is 1. The first-order valence-electron chi connectivity index (χ1n) is 8.74. The second-order valence-electron chi connectivity index (χ2n) is 7.21. The summed E-state index contributed by atoms with van der Waals surface area (Å²) in [5.41, 5.74) is -0.987. The first-order chi connectivity index (χ1) is 12.2. The zero-order valence-corrected chi connectivity index (χ0v) is 15.7. The van der Waals surface area contributed by atoms with Crippen LogP contribution in [0.1, 0.15) is 20.3 Å². The van der Waals surface area contributed by atoms with Gasteiger partial charge in [0.25, 0.3) is 5.56 Å². The van der Waals surface area contributed by atoms with E-state index >= 15 is 0 Å². The van der Waals surface area contributed by atoms with Crippen molar-refractivity contribution in [1.82, 2.24) is 24.7 Å². The molecule has 9 nitrogen and oxygen atoms in total. The van der Waals surface area contributed by atoms with Crippen molar-refractivity contribution < 1.29 is 9.59 Å². The van der Waals surface area contributed by atoms with Gasteiger partial charge in [-0.15, -0.1) is 0 Å². The molecule has 1 saturated heterocycles. The highest BCUT2D eigenvalue weighted by Gasteiger charge is 2.37. The average Bonchev–Trinajstić information content (AvgIpc) is 2.97. The lowest BCUT2D eigenvalue weighted by atomic mass is 9.91. The van der Waals surface area contributed by atoms with E-state index in [4.69, 9.17) is 0 Å². The molecule has 9 heteroatoms. The highest BCUT2D eigenvalue weighted by Crippen LogP contribution is 2.25. The van der Waals surface area contributed by atoms with Gasteiger partial charge in [0.15, 0.2) is 0 Å². The van der Waals surface area contributed by atoms with Crippen LogP contribution in [0.4, 0.5) is 4.79 Å².